The topological polar surface area (TPSA) is 54.3 Å². The van der Waals surface area contributed by atoms with Crippen LogP contribution in [0.2, 0.25) is 0 Å². The number of aliphatic imine (C=N–C) groups is 1. The number of amidine groups is 1. The van der Waals surface area contributed by atoms with Crippen LogP contribution in [0.25, 0.3) is 16.8 Å². The van der Waals surface area contributed by atoms with Crippen LogP contribution in [-0.2, 0) is 10.2 Å². The number of carbonyl (C=O) groups is 1. The first-order valence-electron chi connectivity index (χ1n) is 13.4. The minimum Gasteiger partial charge on any atom is -0.497 e. The normalized spacial score (nSPS) is 18.4. The van der Waals surface area contributed by atoms with Gasteiger partial charge in [-0.3, -0.25) is 4.79 Å². The molecule has 0 radical (unpaired) electrons. The van der Waals surface area contributed by atoms with E-state index >= 15 is 0 Å². The Kier molecular flexibility index (Phi) is 6.80. The van der Waals surface area contributed by atoms with E-state index in [2.05, 4.69) is 98.6 Å². The fourth-order valence-corrected chi connectivity index (χ4v) is 5.96. The summed E-state index contributed by atoms with van der Waals surface area (Å²) in [5.41, 5.74) is 5.45. The number of hydrogen-bond donors (Lipinski definition) is 0. The third-order valence-corrected chi connectivity index (χ3v) is 8.35. The molecule has 0 saturated heterocycles. The van der Waals surface area contributed by atoms with E-state index in [1.165, 1.54) is 28.1 Å². The highest BCUT2D eigenvalue weighted by molar-refractivity contribution is 8.18. The van der Waals surface area contributed by atoms with Crippen molar-refractivity contribution in [2.75, 3.05) is 7.11 Å². The maximum absolute atomic E-state index is 13.0. The fourth-order valence-electron chi connectivity index (χ4n) is 5.04. The van der Waals surface area contributed by atoms with Gasteiger partial charge in [-0.2, -0.15) is 10.1 Å². The van der Waals surface area contributed by atoms with Crippen LogP contribution in [0.15, 0.2) is 106 Å². The van der Waals surface area contributed by atoms with E-state index in [-0.39, 0.29) is 17.4 Å². The van der Waals surface area contributed by atoms with E-state index in [1.807, 2.05) is 29.3 Å². The van der Waals surface area contributed by atoms with Crippen LogP contribution >= 0.6 is 11.8 Å². The summed E-state index contributed by atoms with van der Waals surface area (Å²) in [6, 6.07) is 31.1. The molecule has 0 aliphatic carbocycles. The molecule has 2 aliphatic heterocycles. The highest BCUT2D eigenvalue weighted by Gasteiger charge is 2.36. The summed E-state index contributed by atoms with van der Waals surface area (Å²) in [5, 5.41) is 9.93. The highest BCUT2D eigenvalue weighted by atomic mass is 32.2. The van der Waals surface area contributed by atoms with Crippen LogP contribution in [0, 0.1) is 0 Å². The van der Waals surface area contributed by atoms with E-state index in [9.17, 15) is 4.79 Å². The minimum atomic E-state index is -0.234. The molecular weight excluding hydrogens is 514 g/mol. The van der Waals surface area contributed by atoms with E-state index in [0.717, 1.165) is 28.2 Å². The van der Waals surface area contributed by atoms with Crippen molar-refractivity contribution < 1.29 is 9.53 Å². The molecule has 40 heavy (non-hydrogen) atoms. The standard InChI is InChI=1S/C34H31N3O2S/c1-34(2,3)27-15-9-22(10-16-27)19-31-32(38)35-33(40-31)37-30(24-13-17-28(39-4)18-14-24)21-29(36-37)26-12-11-23-7-5-6-8-25(23)20-26/h5-20,30H,21H2,1-4H3/b31-19-. The number of amides is 1. The number of rotatable bonds is 4. The first kappa shape index (κ1) is 26.1. The Labute approximate surface area is 239 Å². The molecule has 4 aromatic carbocycles. The zero-order valence-corrected chi connectivity index (χ0v) is 23.9. The van der Waals surface area contributed by atoms with Crippen LogP contribution < -0.4 is 4.74 Å². The lowest BCUT2D eigenvalue weighted by molar-refractivity contribution is -0.113. The zero-order valence-electron chi connectivity index (χ0n) is 23.1. The van der Waals surface area contributed by atoms with Gasteiger partial charge in [-0.1, -0.05) is 93.6 Å². The molecule has 200 valence electrons. The molecular formula is C34H31N3O2S. The third-order valence-electron chi connectivity index (χ3n) is 7.37. The SMILES string of the molecule is COc1ccc(C2CC(c3ccc4ccccc4c3)=NN2C2=NC(=O)/C(=C/c3ccc(C(C)(C)C)cc3)S2)cc1. The van der Waals surface area contributed by atoms with Crippen molar-refractivity contribution in [3.8, 4) is 5.75 Å². The number of nitrogens with zero attached hydrogens (tertiary/aromatic N) is 3. The second kappa shape index (κ2) is 10.4. The van der Waals surface area contributed by atoms with Crippen molar-refractivity contribution in [3.05, 3.63) is 118 Å². The van der Waals surface area contributed by atoms with E-state index in [1.54, 1.807) is 7.11 Å². The molecule has 1 amide bonds. The van der Waals surface area contributed by atoms with Crippen molar-refractivity contribution >= 4 is 45.4 Å². The molecule has 1 atom stereocenters. The van der Waals surface area contributed by atoms with Gasteiger partial charge in [0.15, 0.2) is 5.17 Å². The lowest BCUT2D eigenvalue weighted by Crippen LogP contribution is -2.23. The Hall–Kier alpha value is -4.16. The monoisotopic (exact) mass is 545 g/mol. The second-order valence-electron chi connectivity index (χ2n) is 11.1. The molecule has 0 N–H and O–H groups in total. The smallest absolute Gasteiger partial charge is 0.286 e. The lowest BCUT2D eigenvalue weighted by atomic mass is 9.87. The molecule has 2 heterocycles. The van der Waals surface area contributed by atoms with Crippen molar-refractivity contribution in [1.82, 2.24) is 5.01 Å². The van der Waals surface area contributed by atoms with Crippen molar-refractivity contribution in [1.29, 1.82) is 0 Å². The van der Waals surface area contributed by atoms with Gasteiger partial charge in [0.1, 0.15) is 5.75 Å². The van der Waals surface area contributed by atoms with Gasteiger partial charge in [-0.25, -0.2) is 5.01 Å². The Morgan fingerprint density at radius 2 is 1.65 bits per heavy atom. The van der Waals surface area contributed by atoms with Crippen molar-refractivity contribution in [3.63, 3.8) is 0 Å². The van der Waals surface area contributed by atoms with Crippen molar-refractivity contribution in [2.45, 2.75) is 38.6 Å². The minimum absolute atomic E-state index is 0.0762. The van der Waals surface area contributed by atoms with E-state index in [4.69, 9.17) is 9.84 Å². The molecule has 0 aromatic heterocycles. The molecule has 0 saturated carbocycles. The van der Waals surface area contributed by atoms with Gasteiger partial charge in [0.2, 0.25) is 0 Å². The zero-order chi connectivity index (χ0) is 27.9. The average Bonchev–Trinajstić information content (AvgIpc) is 3.56. The molecule has 6 heteroatoms. The number of hydrogen-bond acceptors (Lipinski definition) is 5. The number of fused-ring (bicyclic) bond motifs is 1. The predicted octanol–water partition coefficient (Wildman–Crippen LogP) is 7.97. The van der Waals surface area contributed by atoms with Crippen LogP contribution in [0.3, 0.4) is 0 Å². The maximum Gasteiger partial charge on any atom is 0.286 e. The van der Waals surface area contributed by atoms with E-state index < -0.39 is 0 Å². The number of hydrazone groups is 1. The molecule has 0 bridgehead atoms. The Morgan fingerprint density at radius 1 is 0.925 bits per heavy atom. The second-order valence-corrected chi connectivity index (χ2v) is 12.1. The number of methoxy groups -OCH3 is 1. The van der Waals surface area contributed by atoms with Gasteiger partial charge < -0.3 is 4.74 Å². The molecule has 2 aliphatic rings. The van der Waals surface area contributed by atoms with Gasteiger partial charge in [0.05, 0.1) is 23.8 Å². The Bertz CT molecular complexity index is 1680. The van der Waals surface area contributed by atoms with Gasteiger partial charge in [0.25, 0.3) is 5.91 Å². The van der Waals surface area contributed by atoms with Gasteiger partial charge in [-0.15, -0.1) is 0 Å². The summed E-state index contributed by atoms with van der Waals surface area (Å²) in [6.45, 7) is 6.58. The summed E-state index contributed by atoms with van der Waals surface area (Å²) in [5.74, 6) is 0.567. The molecule has 5 nitrogen and oxygen atoms in total. The number of thioether (sulfide) groups is 1. The van der Waals surface area contributed by atoms with Crippen LogP contribution in [-0.4, -0.2) is 28.9 Å². The molecule has 6 rings (SSSR count). The fraction of sp³-hybridized carbons (Fsp3) is 0.206. The van der Waals surface area contributed by atoms with Gasteiger partial charge in [-0.05, 0) is 74.5 Å². The lowest BCUT2D eigenvalue weighted by Gasteiger charge is -2.22. The molecule has 0 fully saturated rings. The first-order valence-corrected chi connectivity index (χ1v) is 14.2. The molecule has 1 unspecified atom stereocenters. The first-order chi connectivity index (χ1) is 19.3. The Morgan fingerprint density at radius 3 is 2.35 bits per heavy atom. The maximum atomic E-state index is 13.0. The van der Waals surface area contributed by atoms with E-state index in [0.29, 0.717) is 16.5 Å². The van der Waals surface area contributed by atoms with Crippen LogP contribution in [0.1, 0.15) is 55.5 Å². The Balaban J connectivity index is 1.32. The van der Waals surface area contributed by atoms with Crippen molar-refractivity contribution in [2.24, 2.45) is 10.1 Å². The van der Waals surface area contributed by atoms with Gasteiger partial charge >= 0.3 is 0 Å². The highest BCUT2D eigenvalue weighted by Crippen LogP contribution is 2.40. The summed E-state index contributed by atoms with van der Waals surface area (Å²) in [6.07, 6.45) is 2.62. The summed E-state index contributed by atoms with van der Waals surface area (Å²) in [7, 11) is 1.66. The van der Waals surface area contributed by atoms with Crippen LogP contribution in [0.4, 0.5) is 0 Å². The summed E-state index contributed by atoms with van der Waals surface area (Å²) >= 11 is 1.38. The number of carbonyl (C=O) groups excluding carboxylic acids is 1. The average molecular weight is 546 g/mol. The molecule has 0 spiro atoms. The summed E-state index contributed by atoms with van der Waals surface area (Å²) in [4.78, 5) is 18.1. The number of benzene rings is 4. The van der Waals surface area contributed by atoms with Crippen LogP contribution in [0.5, 0.6) is 5.75 Å². The third kappa shape index (κ3) is 5.19. The molecule has 4 aromatic rings. The van der Waals surface area contributed by atoms with Gasteiger partial charge in [0, 0.05) is 6.42 Å². The number of ether oxygens (including phenoxy) is 1. The predicted molar refractivity (Wildman–Crippen MR) is 166 cm³/mol. The largest absolute Gasteiger partial charge is 0.497 e. The summed E-state index contributed by atoms with van der Waals surface area (Å²) < 4.78 is 5.38. The quantitative estimate of drug-likeness (QED) is 0.244.